The van der Waals surface area contributed by atoms with Gasteiger partial charge in [-0.3, -0.25) is 9.59 Å². The smallest absolute Gasteiger partial charge is 0.246 e. The van der Waals surface area contributed by atoms with E-state index < -0.39 is 0 Å². The Hall–Kier alpha value is -2.10. The summed E-state index contributed by atoms with van der Waals surface area (Å²) in [7, 11) is 1.99. The van der Waals surface area contributed by atoms with Crippen molar-refractivity contribution in [2.24, 2.45) is 34.5 Å². The van der Waals surface area contributed by atoms with Crippen molar-refractivity contribution in [1.29, 1.82) is 0 Å². The van der Waals surface area contributed by atoms with Crippen molar-refractivity contribution in [2.75, 3.05) is 7.05 Å². The number of benzene rings is 1. The highest BCUT2D eigenvalue weighted by Gasteiger charge is 2.61. The highest BCUT2D eigenvalue weighted by atomic mass is 16.2. The fraction of sp³-hybridized carbons (Fsp3) is 0.655. The summed E-state index contributed by atoms with van der Waals surface area (Å²) >= 11 is 0. The summed E-state index contributed by atoms with van der Waals surface area (Å²) in [5, 5.41) is 3.55. The second-order valence-electron chi connectivity index (χ2n) is 12.2. The second kappa shape index (κ2) is 7.45. The lowest BCUT2D eigenvalue weighted by molar-refractivity contribution is -0.138. The van der Waals surface area contributed by atoms with Crippen molar-refractivity contribution in [1.82, 2.24) is 10.2 Å². The Morgan fingerprint density at radius 3 is 2.61 bits per heavy atom. The van der Waals surface area contributed by atoms with E-state index in [4.69, 9.17) is 0 Å². The first-order chi connectivity index (χ1) is 15.8. The Labute approximate surface area is 198 Å². The van der Waals surface area contributed by atoms with Crippen molar-refractivity contribution in [2.45, 2.75) is 76.8 Å². The van der Waals surface area contributed by atoms with E-state index in [2.05, 4.69) is 49.5 Å². The van der Waals surface area contributed by atoms with Gasteiger partial charge in [0.15, 0.2) is 0 Å². The van der Waals surface area contributed by atoms with Crippen LogP contribution < -0.4 is 5.32 Å². The topological polar surface area (TPSA) is 49.4 Å². The summed E-state index contributed by atoms with van der Waals surface area (Å²) in [5.41, 5.74) is 1.60. The van der Waals surface area contributed by atoms with Crippen LogP contribution in [0.3, 0.4) is 0 Å². The molecule has 0 spiro atoms. The lowest BCUT2D eigenvalue weighted by Crippen LogP contribution is -2.60. The van der Waals surface area contributed by atoms with Gasteiger partial charge in [-0.15, -0.1) is 0 Å². The van der Waals surface area contributed by atoms with Crippen LogP contribution in [0.2, 0.25) is 0 Å². The summed E-state index contributed by atoms with van der Waals surface area (Å²) < 4.78 is 0. The Kier molecular flexibility index (Phi) is 4.84. The average Bonchev–Trinajstić information content (AvgIpc) is 3.55. The quantitative estimate of drug-likeness (QED) is 0.717. The van der Waals surface area contributed by atoms with Crippen LogP contribution in [0.15, 0.2) is 42.5 Å². The van der Waals surface area contributed by atoms with E-state index in [0.29, 0.717) is 35.8 Å². The van der Waals surface area contributed by atoms with E-state index in [-0.39, 0.29) is 28.6 Å². The number of hydrogen-bond acceptors (Lipinski definition) is 2. The molecule has 2 amide bonds. The number of rotatable bonds is 3. The minimum Gasteiger partial charge on any atom is -0.353 e. The lowest BCUT2D eigenvalue weighted by Gasteiger charge is -2.60. The standard InChI is InChI=1S/C29H38N2O2/c1-28-15-13-23-19(9-12-25-29(23,2)16-14-26(32)31(25)3)22(28)10-11-24(28)30-27(33)21-17-20(21)18-7-5-4-6-8-18/h4-8,14,16,19-25H,9-13,15,17H2,1-3H3,(H,30,33)/t19-,20?,21?,22-,23+,24?,25?,28-,29+/m0/s1. The van der Waals surface area contributed by atoms with Gasteiger partial charge in [-0.25, -0.2) is 0 Å². The molecule has 4 aliphatic carbocycles. The first-order valence-electron chi connectivity index (χ1n) is 13.1. The molecule has 1 heterocycles. The third-order valence-electron chi connectivity index (χ3n) is 10.8. The predicted octanol–water partition coefficient (Wildman–Crippen LogP) is 4.91. The Morgan fingerprint density at radius 1 is 1.03 bits per heavy atom. The SMILES string of the molecule is CN1C(=O)C=C[C@@]2(C)C1CC[C@@H]1[C@H]2CC[C@]2(C)C(NC(=O)C3CC3c3ccccc3)CC[C@@H]12. The van der Waals surface area contributed by atoms with Crippen LogP contribution in [-0.2, 0) is 9.59 Å². The largest absolute Gasteiger partial charge is 0.353 e. The highest BCUT2D eigenvalue weighted by molar-refractivity contribution is 5.89. The molecule has 4 saturated carbocycles. The number of likely N-dealkylation sites (N-methyl/N-ethyl adjacent to an activating group) is 1. The van der Waals surface area contributed by atoms with Gasteiger partial charge in [0, 0.05) is 30.5 Å². The van der Waals surface area contributed by atoms with Gasteiger partial charge in [0.25, 0.3) is 0 Å². The molecular weight excluding hydrogens is 408 g/mol. The van der Waals surface area contributed by atoms with Gasteiger partial charge >= 0.3 is 0 Å². The monoisotopic (exact) mass is 446 g/mol. The molecule has 4 unspecified atom stereocenters. The molecule has 6 rings (SSSR count). The molecule has 33 heavy (non-hydrogen) atoms. The number of nitrogens with one attached hydrogen (secondary N) is 1. The van der Waals surface area contributed by atoms with Crippen molar-refractivity contribution in [3.8, 4) is 0 Å². The summed E-state index contributed by atoms with van der Waals surface area (Å²) in [6, 6.07) is 11.2. The van der Waals surface area contributed by atoms with Crippen molar-refractivity contribution in [3.05, 3.63) is 48.0 Å². The van der Waals surface area contributed by atoms with Crippen LogP contribution in [0.1, 0.15) is 70.3 Å². The minimum atomic E-state index is 0.0885. The molecule has 9 atom stereocenters. The van der Waals surface area contributed by atoms with Crippen molar-refractivity contribution < 1.29 is 9.59 Å². The van der Waals surface area contributed by atoms with Gasteiger partial charge in [0.2, 0.25) is 11.8 Å². The van der Waals surface area contributed by atoms with Crippen molar-refractivity contribution >= 4 is 11.8 Å². The van der Waals surface area contributed by atoms with E-state index in [1.54, 1.807) is 0 Å². The maximum absolute atomic E-state index is 13.2. The number of carbonyl (C=O) groups is 2. The minimum absolute atomic E-state index is 0.0885. The second-order valence-corrected chi connectivity index (χ2v) is 12.2. The molecule has 0 bridgehead atoms. The van der Waals surface area contributed by atoms with E-state index in [9.17, 15) is 9.59 Å². The van der Waals surface area contributed by atoms with Crippen LogP contribution in [0.25, 0.3) is 0 Å². The molecule has 1 N–H and O–H groups in total. The predicted molar refractivity (Wildman–Crippen MR) is 129 cm³/mol. The van der Waals surface area contributed by atoms with Gasteiger partial charge in [0.05, 0.1) is 0 Å². The van der Waals surface area contributed by atoms with Crippen molar-refractivity contribution in [3.63, 3.8) is 0 Å². The average molecular weight is 447 g/mol. The third kappa shape index (κ3) is 3.15. The van der Waals surface area contributed by atoms with E-state index in [0.717, 1.165) is 19.3 Å². The Morgan fingerprint density at radius 2 is 1.82 bits per heavy atom. The van der Waals surface area contributed by atoms with Crippen LogP contribution >= 0.6 is 0 Å². The number of fused-ring (bicyclic) bond motifs is 5. The maximum atomic E-state index is 13.2. The molecule has 0 radical (unpaired) electrons. The molecule has 4 heteroatoms. The maximum Gasteiger partial charge on any atom is 0.246 e. The van der Waals surface area contributed by atoms with Crippen LogP contribution in [0, 0.1) is 34.5 Å². The summed E-state index contributed by atoms with van der Waals surface area (Å²) in [5.74, 6) is 3.02. The van der Waals surface area contributed by atoms with Crippen LogP contribution in [0.4, 0.5) is 0 Å². The highest BCUT2D eigenvalue weighted by Crippen LogP contribution is 2.64. The molecule has 0 saturated heterocycles. The number of nitrogens with zero attached hydrogens (tertiary/aromatic N) is 1. The van der Waals surface area contributed by atoms with Gasteiger partial charge in [-0.2, -0.15) is 0 Å². The van der Waals surface area contributed by atoms with E-state index in [1.807, 2.05) is 24.1 Å². The summed E-state index contributed by atoms with van der Waals surface area (Å²) in [6.45, 7) is 4.87. The molecule has 176 valence electrons. The van der Waals surface area contributed by atoms with Gasteiger partial charge < -0.3 is 10.2 Å². The summed E-state index contributed by atoms with van der Waals surface area (Å²) in [4.78, 5) is 27.5. The number of carbonyl (C=O) groups excluding carboxylic acids is 2. The zero-order chi connectivity index (χ0) is 23.0. The molecule has 1 aromatic carbocycles. The molecule has 1 aliphatic heterocycles. The fourth-order valence-corrected chi connectivity index (χ4v) is 8.81. The molecule has 4 nitrogen and oxygen atoms in total. The zero-order valence-corrected chi connectivity index (χ0v) is 20.3. The normalized spacial score (nSPS) is 45.7. The molecule has 5 aliphatic rings. The zero-order valence-electron chi connectivity index (χ0n) is 20.3. The fourth-order valence-electron chi connectivity index (χ4n) is 8.81. The molecule has 4 fully saturated rings. The molecule has 0 aromatic heterocycles. The molecule has 1 aromatic rings. The third-order valence-corrected chi connectivity index (χ3v) is 10.8. The Bertz CT molecular complexity index is 989. The number of hydrogen-bond donors (Lipinski definition) is 1. The Balaban J connectivity index is 1.17. The first kappa shape index (κ1) is 21.4. The lowest BCUT2D eigenvalue weighted by atomic mass is 9.48. The summed E-state index contributed by atoms with van der Waals surface area (Å²) in [6.07, 6.45) is 12.1. The van der Waals surface area contributed by atoms with Crippen LogP contribution in [0.5, 0.6) is 0 Å². The van der Waals surface area contributed by atoms with E-state index >= 15 is 0 Å². The van der Waals surface area contributed by atoms with Gasteiger partial charge in [0.1, 0.15) is 0 Å². The molecular formula is C29H38N2O2. The van der Waals surface area contributed by atoms with Gasteiger partial charge in [-0.05, 0) is 85.7 Å². The van der Waals surface area contributed by atoms with Crippen LogP contribution in [-0.4, -0.2) is 35.8 Å². The first-order valence-corrected chi connectivity index (χ1v) is 13.1. The van der Waals surface area contributed by atoms with Gasteiger partial charge in [-0.1, -0.05) is 50.3 Å². The number of amides is 2. The van der Waals surface area contributed by atoms with E-state index in [1.165, 1.54) is 31.2 Å².